The molecule has 2 aliphatic rings. The minimum absolute atomic E-state index is 0.122. The van der Waals surface area contributed by atoms with Crippen LogP contribution in [0.4, 0.5) is 11.4 Å². The van der Waals surface area contributed by atoms with Crippen molar-refractivity contribution >= 4 is 29.2 Å². The molecule has 1 fully saturated rings. The Morgan fingerprint density at radius 3 is 2.35 bits per heavy atom. The number of fused-ring (bicyclic) bond motifs is 1. The van der Waals surface area contributed by atoms with Crippen LogP contribution in [0.25, 0.3) is 0 Å². The SMILES string of the molecule is CN1CCN(c2cccc3c2CCN(C(=O)c2cn(C)nn2)C3C(=O)Nc2ccc(C(=O)O)cc2)CC1. The van der Waals surface area contributed by atoms with Gasteiger partial charge in [-0.1, -0.05) is 17.3 Å². The lowest BCUT2D eigenvalue weighted by Crippen LogP contribution is -2.47. The van der Waals surface area contributed by atoms with E-state index in [1.54, 1.807) is 24.1 Å². The van der Waals surface area contributed by atoms with Crippen molar-refractivity contribution in [2.45, 2.75) is 12.5 Å². The van der Waals surface area contributed by atoms with Crippen molar-refractivity contribution < 1.29 is 19.5 Å². The maximum Gasteiger partial charge on any atom is 0.335 e. The molecule has 2 N–H and O–H groups in total. The summed E-state index contributed by atoms with van der Waals surface area (Å²) in [7, 11) is 3.79. The fourth-order valence-electron chi connectivity index (χ4n) is 4.99. The molecule has 11 heteroatoms. The number of aromatic carboxylic acids is 1. The lowest BCUT2D eigenvalue weighted by molar-refractivity contribution is -0.121. The summed E-state index contributed by atoms with van der Waals surface area (Å²) >= 11 is 0. The molecule has 3 aromatic rings. The van der Waals surface area contributed by atoms with E-state index in [-0.39, 0.29) is 23.1 Å². The quantitative estimate of drug-likeness (QED) is 0.539. The summed E-state index contributed by atoms with van der Waals surface area (Å²) in [5, 5.41) is 19.9. The van der Waals surface area contributed by atoms with E-state index >= 15 is 0 Å². The maximum absolute atomic E-state index is 13.7. The number of likely N-dealkylation sites (N-methyl/N-ethyl adjacent to an activating group) is 1. The third-order valence-corrected chi connectivity index (χ3v) is 6.97. The molecule has 11 nitrogen and oxygen atoms in total. The Balaban J connectivity index is 1.50. The summed E-state index contributed by atoms with van der Waals surface area (Å²) in [6, 6.07) is 11.0. The summed E-state index contributed by atoms with van der Waals surface area (Å²) < 4.78 is 1.45. The molecule has 2 amide bonds. The molecule has 0 radical (unpaired) electrons. The molecule has 0 spiro atoms. The van der Waals surface area contributed by atoms with E-state index in [9.17, 15) is 19.5 Å². The third kappa shape index (κ3) is 4.90. The van der Waals surface area contributed by atoms with Gasteiger partial charge in [-0.2, -0.15) is 0 Å². The highest BCUT2D eigenvalue weighted by atomic mass is 16.4. The van der Waals surface area contributed by atoms with Crippen LogP contribution in [-0.2, 0) is 18.3 Å². The van der Waals surface area contributed by atoms with Crippen molar-refractivity contribution in [3.05, 3.63) is 71.0 Å². The summed E-state index contributed by atoms with van der Waals surface area (Å²) in [6.45, 7) is 4.04. The molecule has 0 saturated carbocycles. The van der Waals surface area contributed by atoms with Gasteiger partial charge in [0.2, 0.25) is 0 Å². The first-order valence-electron chi connectivity index (χ1n) is 12.2. The molecule has 2 aromatic carbocycles. The summed E-state index contributed by atoms with van der Waals surface area (Å²) in [4.78, 5) is 44.6. The van der Waals surface area contributed by atoms with Gasteiger partial charge in [-0.3, -0.25) is 14.3 Å². The number of carbonyl (C=O) groups is 3. The number of hydrogen-bond acceptors (Lipinski definition) is 7. The molecule has 37 heavy (non-hydrogen) atoms. The lowest BCUT2D eigenvalue weighted by Gasteiger charge is -2.40. The van der Waals surface area contributed by atoms with Gasteiger partial charge >= 0.3 is 5.97 Å². The second kappa shape index (κ2) is 10.0. The number of anilines is 2. The number of nitrogens with one attached hydrogen (secondary N) is 1. The zero-order valence-electron chi connectivity index (χ0n) is 20.8. The van der Waals surface area contributed by atoms with E-state index in [4.69, 9.17) is 0 Å². The molecule has 1 aromatic heterocycles. The van der Waals surface area contributed by atoms with E-state index in [1.165, 1.54) is 23.0 Å². The van der Waals surface area contributed by atoms with Crippen LogP contribution >= 0.6 is 0 Å². The minimum Gasteiger partial charge on any atom is -0.478 e. The summed E-state index contributed by atoms with van der Waals surface area (Å²) in [6.07, 6.45) is 2.15. The average Bonchev–Trinajstić information content (AvgIpc) is 3.34. The first-order chi connectivity index (χ1) is 17.8. The summed E-state index contributed by atoms with van der Waals surface area (Å²) in [5.41, 5.74) is 3.68. The van der Waals surface area contributed by atoms with Gasteiger partial charge in [0.25, 0.3) is 11.8 Å². The van der Waals surface area contributed by atoms with Crippen molar-refractivity contribution in [1.82, 2.24) is 24.8 Å². The van der Waals surface area contributed by atoms with Crippen molar-refractivity contribution in [3.63, 3.8) is 0 Å². The van der Waals surface area contributed by atoms with Crippen LogP contribution in [0.3, 0.4) is 0 Å². The average molecular weight is 504 g/mol. The van der Waals surface area contributed by atoms with Crippen LogP contribution in [0.15, 0.2) is 48.7 Å². The zero-order valence-corrected chi connectivity index (χ0v) is 20.8. The molecule has 192 valence electrons. The highest BCUT2D eigenvalue weighted by Gasteiger charge is 2.38. The van der Waals surface area contributed by atoms with E-state index in [2.05, 4.69) is 38.5 Å². The highest BCUT2D eigenvalue weighted by molar-refractivity contribution is 6.02. The van der Waals surface area contributed by atoms with Crippen LogP contribution in [-0.4, -0.2) is 87.5 Å². The Morgan fingerprint density at radius 2 is 1.70 bits per heavy atom. The fraction of sp³-hybridized carbons (Fsp3) is 0.346. The largest absolute Gasteiger partial charge is 0.478 e. The third-order valence-electron chi connectivity index (χ3n) is 6.97. The Kier molecular flexibility index (Phi) is 6.62. The van der Waals surface area contributed by atoms with Crippen LogP contribution in [0, 0.1) is 0 Å². The predicted octanol–water partition coefficient (Wildman–Crippen LogP) is 1.64. The number of benzene rings is 2. The molecule has 1 unspecified atom stereocenters. The minimum atomic E-state index is -1.05. The molecule has 0 aliphatic carbocycles. The Labute approximate surface area is 214 Å². The molecule has 1 atom stereocenters. The topological polar surface area (TPSA) is 124 Å². The predicted molar refractivity (Wildman–Crippen MR) is 137 cm³/mol. The second-order valence-electron chi connectivity index (χ2n) is 9.44. The Hall–Kier alpha value is -4.25. The smallest absolute Gasteiger partial charge is 0.335 e. The van der Waals surface area contributed by atoms with Gasteiger partial charge in [0, 0.05) is 51.1 Å². The van der Waals surface area contributed by atoms with E-state index in [1.807, 2.05) is 12.1 Å². The number of carboxylic acids is 1. The number of piperazine rings is 1. The van der Waals surface area contributed by atoms with Crippen LogP contribution in [0.1, 0.15) is 38.0 Å². The van der Waals surface area contributed by atoms with Gasteiger partial charge < -0.3 is 25.1 Å². The number of nitrogens with zero attached hydrogens (tertiary/aromatic N) is 6. The molecule has 5 rings (SSSR count). The van der Waals surface area contributed by atoms with Crippen molar-refractivity contribution in [2.24, 2.45) is 7.05 Å². The van der Waals surface area contributed by atoms with Crippen molar-refractivity contribution in [3.8, 4) is 0 Å². The first-order valence-corrected chi connectivity index (χ1v) is 12.2. The molecule has 2 aliphatic heterocycles. The van der Waals surface area contributed by atoms with Gasteiger partial charge in [0.05, 0.1) is 11.8 Å². The van der Waals surface area contributed by atoms with E-state index < -0.39 is 12.0 Å². The van der Waals surface area contributed by atoms with Crippen LogP contribution < -0.4 is 10.2 Å². The van der Waals surface area contributed by atoms with Gasteiger partial charge in [0.15, 0.2) is 5.69 Å². The molecule has 0 bridgehead atoms. The number of aromatic nitrogens is 3. The van der Waals surface area contributed by atoms with Gasteiger partial charge in [-0.25, -0.2) is 4.79 Å². The first kappa shape index (κ1) is 24.4. The monoisotopic (exact) mass is 503 g/mol. The number of rotatable bonds is 5. The number of aryl methyl sites for hydroxylation is 1. The van der Waals surface area contributed by atoms with Crippen molar-refractivity contribution in [1.29, 1.82) is 0 Å². The number of amides is 2. The maximum atomic E-state index is 13.7. The normalized spacial score (nSPS) is 17.8. The standard InChI is InChI=1S/C26H29N7O4/c1-30-12-14-32(15-13-30)22-5-3-4-20-19(22)10-11-33(25(35)21-16-31(2)29-28-21)23(20)24(34)27-18-8-6-17(7-9-18)26(36)37/h3-9,16,23H,10-15H2,1-2H3,(H,27,34)(H,36,37). The number of hydrogen-bond donors (Lipinski definition) is 2. The molecular formula is C26H29N7O4. The van der Waals surface area contributed by atoms with Crippen LogP contribution in [0.5, 0.6) is 0 Å². The Bertz CT molecular complexity index is 1330. The van der Waals surface area contributed by atoms with E-state index in [0.29, 0.717) is 18.7 Å². The highest BCUT2D eigenvalue weighted by Crippen LogP contribution is 2.37. The number of carbonyl (C=O) groups excluding carboxylic acids is 2. The van der Waals surface area contributed by atoms with Crippen LogP contribution in [0.2, 0.25) is 0 Å². The fourth-order valence-corrected chi connectivity index (χ4v) is 4.99. The second-order valence-corrected chi connectivity index (χ2v) is 9.44. The van der Waals surface area contributed by atoms with Gasteiger partial charge in [-0.05, 0) is 54.9 Å². The Morgan fingerprint density at radius 1 is 0.973 bits per heavy atom. The molecule has 1 saturated heterocycles. The lowest BCUT2D eigenvalue weighted by atomic mass is 9.89. The van der Waals surface area contributed by atoms with E-state index in [0.717, 1.165) is 43.0 Å². The van der Waals surface area contributed by atoms with Gasteiger partial charge in [0.1, 0.15) is 6.04 Å². The summed E-state index contributed by atoms with van der Waals surface area (Å²) in [5.74, 6) is -1.79. The molecular weight excluding hydrogens is 474 g/mol. The molecule has 3 heterocycles. The van der Waals surface area contributed by atoms with Crippen molar-refractivity contribution in [2.75, 3.05) is 50.0 Å². The number of carboxylic acid groups (broad SMARTS) is 1. The van der Waals surface area contributed by atoms with Gasteiger partial charge in [-0.15, -0.1) is 5.10 Å². The zero-order chi connectivity index (χ0) is 26.1.